The molecule has 1 saturated heterocycles. The molecule has 1 aliphatic heterocycles. The first-order valence-corrected chi connectivity index (χ1v) is 7.27. The van der Waals surface area contributed by atoms with E-state index in [1.807, 2.05) is 0 Å². The molecule has 1 unspecified atom stereocenters. The number of nitrogens with zero attached hydrogens (tertiary/aromatic N) is 1. The molecule has 0 aromatic rings. The standard InChI is InChI=1S/C14H28N2O2/c1-12(9-17)16(2)11-14(5-7-18-8-6-14)10-15-13-3-4-13/h12-13,15,17H,3-11H2,1-2H3. The van der Waals surface area contributed by atoms with Gasteiger partial charge in [-0.25, -0.2) is 0 Å². The van der Waals surface area contributed by atoms with Crippen LogP contribution < -0.4 is 5.32 Å². The van der Waals surface area contributed by atoms with Crippen molar-refractivity contribution in [2.45, 2.75) is 44.7 Å². The van der Waals surface area contributed by atoms with E-state index in [-0.39, 0.29) is 12.6 Å². The Morgan fingerprint density at radius 1 is 1.39 bits per heavy atom. The summed E-state index contributed by atoms with van der Waals surface area (Å²) >= 11 is 0. The van der Waals surface area contributed by atoms with Gasteiger partial charge in [-0.05, 0) is 45.1 Å². The van der Waals surface area contributed by atoms with Crippen molar-refractivity contribution in [1.29, 1.82) is 0 Å². The fourth-order valence-corrected chi connectivity index (χ4v) is 2.67. The molecule has 0 amide bonds. The molecule has 4 heteroatoms. The highest BCUT2D eigenvalue weighted by Crippen LogP contribution is 2.32. The summed E-state index contributed by atoms with van der Waals surface area (Å²) in [6.45, 7) is 6.24. The van der Waals surface area contributed by atoms with Gasteiger partial charge in [-0.1, -0.05) is 0 Å². The topological polar surface area (TPSA) is 44.7 Å². The molecule has 0 aromatic carbocycles. The number of ether oxygens (including phenoxy) is 1. The van der Waals surface area contributed by atoms with Crippen LogP contribution in [-0.4, -0.2) is 62.0 Å². The number of aliphatic hydroxyl groups excluding tert-OH is 1. The number of nitrogens with one attached hydrogen (secondary N) is 1. The van der Waals surface area contributed by atoms with E-state index < -0.39 is 0 Å². The molecule has 0 aromatic heterocycles. The summed E-state index contributed by atoms with van der Waals surface area (Å²) in [5.74, 6) is 0. The zero-order valence-corrected chi connectivity index (χ0v) is 11.8. The van der Waals surface area contributed by atoms with Crippen molar-refractivity contribution in [3.05, 3.63) is 0 Å². The van der Waals surface area contributed by atoms with Crippen molar-refractivity contribution >= 4 is 0 Å². The van der Waals surface area contributed by atoms with Crippen LogP contribution in [0, 0.1) is 5.41 Å². The van der Waals surface area contributed by atoms with Gasteiger partial charge in [-0.2, -0.15) is 0 Å². The van der Waals surface area contributed by atoms with Crippen molar-refractivity contribution in [2.24, 2.45) is 5.41 Å². The molecule has 4 nitrogen and oxygen atoms in total. The highest BCUT2D eigenvalue weighted by Gasteiger charge is 2.36. The fraction of sp³-hybridized carbons (Fsp3) is 1.00. The van der Waals surface area contributed by atoms with Gasteiger partial charge in [0.15, 0.2) is 0 Å². The molecule has 1 heterocycles. The first-order valence-electron chi connectivity index (χ1n) is 7.27. The van der Waals surface area contributed by atoms with Crippen LogP contribution in [-0.2, 0) is 4.74 Å². The van der Waals surface area contributed by atoms with Crippen LogP contribution in [0.3, 0.4) is 0 Å². The molecule has 2 aliphatic rings. The van der Waals surface area contributed by atoms with Gasteiger partial charge in [0.25, 0.3) is 0 Å². The normalized spacial score (nSPS) is 25.3. The van der Waals surface area contributed by atoms with E-state index in [1.165, 1.54) is 12.8 Å². The Kier molecular flexibility index (Phi) is 5.01. The lowest BCUT2D eigenvalue weighted by Gasteiger charge is -2.41. The lowest BCUT2D eigenvalue weighted by molar-refractivity contribution is -0.00945. The average molecular weight is 256 g/mol. The SMILES string of the molecule is CC(CO)N(C)CC1(CNC2CC2)CCOCC1. The Balaban J connectivity index is 1.89. The summed E-state index contributed by atoms with van der Waals surface area (Å²) in [4.78, 5) is 2.29. The Hall–Kier alpha value is -0.160. The van der Waals surface area contributed by atoms with Gasteiger partial charge in [-0.15, -0.1) is 0 Å². The number of hydrogen-bond acceptors (Lipinski definition) is 4. The van der Waals surface area contributed by atoms with Crippen molar-refractivity contribution in [3.8, 4) is 0 Å². The Morgan fingerprint density at radius 2 is 2.06 bits per heavy atom. The van der Waals surface area contributed by atoms with E-state index in [4.69, 9.17) is 4.74 Å². The Morgan fingerprint density at radius 3 is 2.61 bits per heavy atom. The first-order chi connectivity index (χ1) is 8.65. The summed E-state index contributed by atoms with van der Waals surface area (Å²) in [5.41, 5.74) is 0.332. The molecular weight excluding hydrogens is 228 g/mol. The predicted octanol–water partition coefficient (Wildman–Crippen LogP) is 0.848. The number of hydrogen-bond donors (Lipinski definition) is 2. The molecule has 106 valence electrons. The second kappa shape index (κ2) is 6.33. The molecular formula is C14H28N2O2. The minimum atomic E-state index is 0.235. The zero-order valence-electron chi connectivity index (χ0n) is 11.8. The van der Waals surface area contributed by atoms with Crippen molar-refractivity contribution in [1.82, 2.24) is 10.2 Å². The average Bonchev–Trinajstić information content (AvgIpc) is 3.20. The van der Waals surface area contributed by atoms with Gasteiger partial charge in [0, 0.05) is 38.4 Å². The molecule has 2 N–H and O–H groups in total. The second-order valence-corrected chi connectivity index (χ2v) is 6.21. The van der Waals surface area contributed by atoms with E-state index in [9.17, 15) is 5.11 Å². The molecule has 2 fully saturated rings. The lowest BCUT2D eigenvalue weighted by atomic mass is 9.79. The Labute approximate surface area is 111 Å². The van der Waals surface area contributed by atoms with Gasteiger partial charge in [0.05, 0.1) is 6.61 Å². The predicted molar refractivity (Wildman–Crippen MR) is 72.7 cm³/mol. The monoisotopic (exact) mass is 256 g/mol. The maximum absolute atomic E-state index is 9.26. The van der Waals surface area contributed by atoms with Crippen LogP contribution in [0.5, 0.6) is 0 Å². The van der Waals surface area contributed by atoms with Crippen LogP contribution in [0.4, 0.5) is 0 Å². The van der Waals surface area contributed by atoms with Crippen LogP contribution in [0.15, 0.2) is 0 Å². The van der Waals surface area contributed by atoms with E-state index in [0.717, 1.165) is 45.2 Å². The number of likely N-dealkylation sites (N-methyl/N-ethyl adjacent to an activating group) is 1. The van der Waals surface area contributed by atoms with Gasteiger partial charge >= 0.3 is 0 Å². The minimum Gasteiger partial charge on any atom is -0.395 e. The van der Waals surface area contributed by atoms with E-state index in [2.05, 4.69) is 24.2 Å². The zero-order chi connectivity index (χ0) is 13.0. The summed E-state index contributed by atoms with van der Waals surface area (Å²) in [6.07, 6.45) is 4.95. The molecule has 1 aliphatic carbocycles. The first kappa shape index (κ1) is 14.3. The van der Waals surface area contributed by atoms with Crippen LogP contribution in [0.1, 0.15) is 32.6 Å². The number of rotatable bonds is 7. The smallest absolute Gasteiger partial charge is 0.0584 e. The third kappa shape index (κ3) is 3.92. The molecule has 0 spiro atoms. The Bertz CT molecular complexity index is 250. The third-order valence-electron chi connectivity index (χ3n) is 4.50. The molecule has 0 radical (unpaired) electrons. The highest BCUT2D eigenvalue weighted by atomic mass is 16.5. The summed E-state index contributed by atoms with van der Waals surface area (Å²) in [6, 6.07) is 1.01. The molecule has 1 atom stereocenters. The van der Waals surface area contributed by atoms with Crippen LogP contribution in [0.2, 0.25) is 0 Å². The second-order valence-electron chi connectivity index (χ2n) is 6.21. The quantitative estimate of drug-likeness (QED) is 0.709. The largest absolute Gasteiger partial charge is 0.395 e. The maximum Gasteiger partial charge on any atom is 0.0584 e. The molecule has 18 heavy (non-hydrogen) atoms. The van der Waals surface area contributed by atoms with E-state index in [1.54, 1.807) is 0 Å². The van der Waals surface area contributed by atoms with E-state index >= 15 is 0 Å². The van der Waals surface area contributed by atoms with Crippen LogP contribution >= 0.6 is 0 Å². The minimum absolute atomic E-state index is 0.235. The summed E-state index contributed by atoms with van der Waals surface area (Å²) in [5, 5.41) is 12.9. The molecule has 0 bridgehead atoms. The van der Waals surface area contributed by atoms with Gasteiger partial charge in [0.2, 0.25) is 0 Å². The maximum atomic E-state index is 9.26. The number of aliphatic hydroxyl groups is 1. The highest BCUT2D eigenvalue weighted by molar-refractivity contribution is 4.91. The third-order valence-corrected chi connectivity index (χ3v) is 4.50. The molecule has 2 rings (SSSR count). The van der Waals surface area contributed by atoms with Gasteiger partial charge < -0.3 is 20.1 Å². The summed E-state index contributed by atoms with van der Waals surface area (Å²) in [7, 11) is 2.12. The lowest BCUT2D eigenvalue weighted by Crippen LogP contribution is -2.49. The van der Waals surface area contributed by atoms with Crippen LogP contribution in [0.25, 0.3) is 0 Å². The van der Waals surface area contributed by atoms with Crippen molar-refractivity contribution in [3.63, 3.8) is 0 Å². The fourth-order valence-electron chi connectivity index (χ4n) is 2.67. The molecule has 1 saturated carbocycles. The van der Waals surface area contributed by atoms with Gasteiger partial charge in [0.1, 0.15) is 0 Å². The van der Waals surface area contributed by atoms with Crippen molar-refractivity contribution in [2.75, 3.05) is 40.0 Å². The van der Waals surface area contributed by atoms with Crippen molar-refractivity contribution < 1.29 is 9.84 Å². The summed E-state index contributed by atoms with van der Waals surface area (Å²) < 4.78 is 5.52. The van der Waals surface area contributed by atoms with Gasteiger partial charge in [-0.3, -0.25) is 0 Å². The van der Waals surface area contributed by atoms with E-state index in [0.29, 0.717) is 5.41 Å².